The van der Waals surface area contributed by atoms with Gasteiger partial charge in [0.1, 0.15) is 5.82 Å². The number of carbonyl (C=O) groups excluding carboxylic acids is 2. The molecule has 1 saturated heterocycles. The van der Waals surface area contributed by atoms with Gasteiger partial charge in [0.25, 0.3) is 0 Å². The zero-order chi connectivity index (χ0) is 13.5. The van der Waals surface area contributed by atoms with Gasteiger partial charge in [-0.2, -0.15) is 0 Å². The number of anilines is 1. The Labute approximate surface area is 113 Å². The predicted molar refractivity (Wildman–Crippen MR) is 69.6 cm³/mol. The summed E-state index contributed by atoms with van der Waals surface area (Å²) in [4.78, 5) is 24.9. The van der Waals surface area contributed by atoms with Crippen LogP contribution in [0.2, 0.25) is 0 Å². The summed E-state index contributed by atoms with van der Waals surface area (Å²) in [6.45, 7) is 3.72. The van der Waals surface area contributed by atoms with Crippen molar-refractivity contribution in [3.8, 4) is 0 Å². The second kappa shape index (κ2) is 4.46. The van der Waals surface area contributed by atoms with Gasteiger partial charge in [0.05, 0.1) is 5.69 Å². The molecule has 96 valence electrons. The number of halogens is 2. The van der Waals surface area contributed by atoms with Crippen molar-refractivity contribution in [1.82, 2.24) is 0 Å². The maximum absolute atomic E-state index is 13.8. The van der Waals surface area contributed by atoms with Gasteiger partial charge in [-0.25, -0.2) is 9.29 Å². The van der Waals surface area contributed by atoms with E-state index in [1.54, 1.807) is 6.07 Å². The molecule has 1 aromatic rings. The summed E-state index contributed by atoms with van der Waals surface area (Å²) in [5.74, 6) is -1.28. The number of benzene rings is 1. The van der Waals surface area contributed by atoms with E-state index in [0.29, 0.717) is 4.47 Å². The summed E-state index contributed by atoms with van der Waals surface area (Å²) in [5.41, 5.74) is -0.319. The standard InChI is InChI=1S/C13H13BrFNO2/c1-13(2)6-11(17)16(12(18)7-13)10-4-3-8(14)5-9(10)15/h3-5H,6-7H2,1-2H3. The molecule has 1 aliphatic rings. The number of nitrogens with zero attached hydrogens (tertiary/aromatic N) is 1. The first-order valence-electron chi connectivity index (χ1n) is 5.61. The van der Waals surface area contributed by atoms with Crippen LogP contribution >= 0.6 is 15.9 Å². The second-order valence-electron chi connectivity index (χ2n) is 5.24. The number of hydrogen-bond donors (Lipinski definition) is 0. The van der Waals surface area contributed by atoms with Crippen molar-refractivity contribution in [3.05, 3.63) is 28.5 Å². The number of piperidine rings is 1. The van der Waals surface area contributed by atoms with E-state index in [9.17, 15) is 14.0 Å². The van der Waals surface area contributed by atoms with Gasteiger partial charge >= 0.3 is 0 Å². The Morgan fingerprint density at radius 3 is 2.28 bits per heavy atom. The van der Waals surface area contributed by atoms with Crippen LogP contribution in [0.3, 0.4) is 0 Å². The van der Waals surface area contributed by atoms with Gasteiger partial charge in [0.15, 0.2) is 0 Å². The molecule has 1 aromatic carbocycles. The van der Waals surface area contributed by atoms with E-state index >= 15 is 0 Å². The van der Waals surface area contributed by atoms with Crippen LogP contribution in [0.4, 0.5) is 10.1 Å². The molecule has 0 bridgehead atoms. The highest BCUT2D eigenvalue weighted by atomic mass is 79.9. The normalized spacial score (nSPS) is 19.2. The van der Waals surface area contributed by atoms with Crippen molar-refractivity contribution in [3.63, 3.8) is 0 Å². The molecule has 5 heteroatoms. The Morgan fingerprint density at radius 2 is 1.78 bits per heavy atom. The van der Waals surface area contributed by atoms with Gasteiger partial charge in [-0.3, -0.25) is 9.59 Å². The summed E-state index contributed by atoms with van der Waals surface area (Å²) in [6, 6.07) is 4.29. The topological polar surface area (TPSA) is 37.4 Å². The molecule has 1 heterocycles. The van der Waals surface area contributed by atoms with Gasteiger partial charge in [-0.15, -0.1) is 0 Å². The van der Waals surface area contributed by atoms with E-state index in [2.05, 4.69) is 15.9 Å². The lowest BCUT2D eigenvalue weighted by atomic mass is 9.81. The van der Waals surface area contributed by atoms with Crippen LogP contribution in [-0.4, -0.2) is 11.8 Å². The molecule has 0 radical (unpaired) electrons. The van der Waals surface area contributed by atoms with Crippen LogP contribution in [-0.2, 0) is 9.59 Å². The minimum Gasteiger partial charge on any atom is -0.274 e. The molecule has 0 unspecified atom stereocenters. The van der Waals surface area contributed by atoms with Crippen molar-refractivity contribution < 1.29 is 14.0 Å². The summed E-state index contributed by atoms with van der Waals surface area (Å²) in [7, 11) is 0. The van der Waals surface area contributed by atoms with E-state index in [0.717, 1.165) is 4.90 Å². The molecule has 0 saturated carbocycles. The zero-order valence-corrected chi connectivity index (χ0v) is 11.8. The second-order valence-corrected chi connectivity index (χ2v) is 6.15. The molecular weight excluding hydrogens is 301 g/mol. The molecule has 0 aliphatic carbocycles. The highest BCUT2D eigenvalue weighted by Gasteiger charge is 2.39. The predicted octanol–water partition coefficient (Wildman–Crippen LogP) is 3.27. The molecule has 3 nitrogen and oxygen atoms in total. The Hall–Kier alpha value is -1.23. The smallest absolute Gasteiger partial charge is 0.234 e. The Balaban J connectivity index is 2.39. The lowest BCUT2D eigenvalue weighted by molar-refractivity contribution is -0.132. The molecule has 0 aromatic heterocycles. The van der Waals surface area contributed by atoms with E-state index in [4.69, 9.17) is 0 Å². The molecule has 0 atom stereocenters. The number of amides is 2. The van der Waals surface area contributed by atoms with E-state index in [1.807, 2.05) is 13.8 Å². The average Bonchev–Trinajstić information content (AvgIpc) is 2.18. The van der Waals surface area contributed by atoms with Crippen LogP contribution < -0.4 is 4.90 Å². The van der Waals surface area contributed by atoms with Gasteiger partial charge in [-0.05, 0) is 23.6 Å². The molecule has 0 N–H and O–H groups in total. The maximum Gasteiger partial charge on any atom is 0.234 e. The third-order valence-corrected chi connectivity index (χ3v) is 3.40. The summed E-state index contributed by atoms with van der Waals surface area (Å²) in [6.07, 6.45) is 0.489. The Morgan fingerprint density at radius 1 is 1.22 bits per heavy atom. The molecule has 1 aliphatic heterocycles. The third-order valence-electron chi connectivity index (χ3n) is 2.91. The zero-order valence-electron chi connectivity index (χ0n) is 10.2. The number of hydrogen-bond acceptors (Lipinski definition) is 2. The van der Waals surface area contributed by atoms with Crippen LogP contribution in [0.5, 0.6) is 0 Å². The molecule has 0 spiro atoms. The van der Waals surface area contributed by atoms with E-state index < -0.39 is 5.82 Å². The summed E-state index contributed by atoms with van der Waals surface area (Å²) in [5, 5.41) is 0. The fourth-order valence-electron chi connectivity index (χ4n) is 2.11. The molecular formula is C13H13BrFNO2. The number of carbonyl (C=O) groups is 2. The minimum absolute atomic E-state index is 0.0312. The third kappa shape index (κ3) is 2.46. The van der Waals surface area contributed by atoms with Gasteiger partial charge in [0, 0.05) is 17.3 Å². The van der Waals surface area contributed by atoms with E-state index in [-0.39, 0.29) is 35.8 Å². The summed E-state index contributed by atoms with van der Waals surface area (Å²) >= 11 is 3.14. The van der Waals surface area contributed by atoms with Crippen molar-refractivity contribution in [2.45, 2.75) is 26.7 Å². The quantitative estimate of drug-likeness (QED) is 0.746. The Kier molecular flexibility index (Phi) is 3.27. The van der Waals surface area contributed by atoms with Crippen molar-refractivity contribution in [2.75, 3.05) is 4.90 Å². The highest BCUT2D eigenvalue weighted by Crippen LogP contribution is 2.35. The first kappa shape index (κ1) is 13.2. The number of rotatable bonds is 1. The monoisotopic (exact) mass is 313 g/mol. The van der Waals surface area contributed by atoms with Crippen molar-refractivity contribution in [1.29, 1.82) is 0 Å². The molecule has 2 amide bonds. The van der Waals surface area contributed by atoms with Crippen LogP contribution in [0, 0.1) is 11.2 Å². The Bertz CT molecular complexity index is 508. The fraction of sp³-hybridized carbons (Fsp3) is 0.385. The molecule has 1 fully saturated rings. The van der Waals surface area contributed by atoms with Gasteiger partial charge in [-0.1, -0.05) is 29.8 Å². The van der Waals surface area contributed by atoms with Gasteiger partial charge in [0.2, 0.25) is 11.8 Å². The first-order chi connectivity index (χ1) is 8.30. The highest BCUT2D eigenvalue weighted by molar-refractivity contribution is 9.10. The SMILES string of the molecule is CC1(C)CC(=O)N(c2ccc(Br)cc2F)C(=O)C1. The van der Waals surface area contributed by atoms with Crippen LogP contribution in [0.25, 0.3) is 0 Å². The average molecular weight is 314 g/mol. The molecule has 2 rings (SSSR count). The van der Waals surface area contributed by atoms with Crippen molar-refractivity contribution >= 4 is 33.4 Å². The first-order valence-corrected chi connectivity index (χ1v) is 6.40. The lowest BCUT2D eigenvalue weighted by Gasteiger charge is -2.34. The largest absolute Gasteiger partial charge is 0.274 e. The fourth-order valence-corrected chi connectivity index (χ4v) is 2.44. The summed E-state index contributed by atoms with van der Waals surface area (Å²) < 4.78 is 14.4. The molecule has 18 heavy (non-hydrogen) atoms. The number of imide groups is 1. The minimum atomic E-state index is -0.578. The van der Waals surface area contributed by atoms with E-state index in [1.165, 1.54) is 12.1 Å². The van der Waals surface area contributed by atoms with Crippen LogP contribution in [0.15, 0.2) is 22.7 Å². The van der Waals surface area contributed by atoms with Crippen molar-refractivity contribution in [2.24, 2.45) is 5.41 Å². The van der Waals surface area contributed by atoms with Gasteiger partial charge < -0.3 is 0 Å². The maximum atomic E-state index is 13.8. The van der Waals surface area contributed by atoms with Crippen LogP contribution in [0.1, 0.15) is 26.7 Å². The lowest BCUT2D eigenvalue weighted by Crippen LogP contribution is -2.46.